The molecule has 0 saturated heterocycles. The molecule has 0 unspecified atom stereocenters. The van der Waals surface area contributed by atoms with Crippen LogP contribution in [0, 0.1) is 26.0 Å². The summed E-state index contributed by atoms with van der Waals surface area (Å²) in [4.78, 5) is 19.9. The first-order valence-electron chi connectivity index (χ1n) is 16.9. The maximum absolute atomic E-state index is 6.55. The molecule has 6 aromatic heterocycles. The second-order valence-corrected chi connectivity index (χ2v) is 13.1. The molecule has 0 aliphatic heterocycles. The van der Waals surface area contributed by atoms with E-state index in [1.165, 1.54) is 11.1 Å². The number of imidazole rings is 2. The van der Waals surface area contributed by atoms with Crippen LogP contribution in [-0.4, -0.2) is 28.7 Å². The average Bonchev–Trinajstić information content (AvgIpc) is 3.75. The summed E-state index contributed by atoms with van der Waals surface area (Å²) in [6, 6.07) is 44.3. The third kappa shape index (κ3) is 4.35. The number of hydrogen-bond donors (Lipinski definition) is 0. The van der Waals surface area contributed by atoms with Gasteiger partial charge in [-0.2, -0.15) is 0 Å². The van der Waals surface area contributed by atoms with Gasteiger partial charge in [0.1, 0.15) is 5.65 Å². The SMILES string of the molecule is Cc1cccc(C)c1-c1ccc2c3ccc(Oc4[c-]c5c(cc4)c4cnccc4n4c6ccccc6nc54)[c-]c3c3nc4ccccc4n3c2n1.[Pd+2]. The van der Waals surface area contributed by atoms with Crippen LogP contribution < -0.4 is 4.74 Å². The Morgan fingerprint density at radius 1 is 0.519 bits per heavy atom. The van der Waals surface area contributed by atoms with Gasteiger partial charge in [0.2, 0.25) is 0 Å². The van der Waals surface area contributed by atoms with E-state index in [1.807, 2.05) is 67.0 Å². The molecule has 0 bridgehead atoms. The Bertz CT molecular complexity index is 3250. The standard InChI is InChI=1S/C44H26N6O.Pd/c1-25-8-7-9-26(2)41(25)37-19-18-31-29-16-14-27(22-32(29)44-47-36-11-4-6-13-40(36)50(44)42(31)48-37)51-28-15-17-30-33(23-28)43-46-35-10-3-5-12-39(35)49(43)38-20-21-45-24-34(30)38;/h3-21,24H,1-2H3;/q-2;+2. The molecule has 0 aliphatic rings. The average molecular weight is 761 g/mol. The number of fused-ring (bicyclic) bond motifs is 16. The van der Waals surface area contributed by atoms with Crippen molar-refractivity contribution in [2.45, 2.75) is 13.8 Å². The largest absolute Gasteiger partial charge is 2.00 e. The van der Waals surface area contributed by atoms with Crippen LogP contribution >= 0.6 is 0 Å². The molecule has 6 heterocycles. The summed E-state index contributed by atoms with van der Waals surface area (Å²) in [5.41, 5.74) is 11.8. The minimum Gasteiger partial charge on any atom is -0.497 e. The minimum atomic E-state index is 0. The van der Waals surface area contributed by atoms with Crippen LogP contribution in [0.2, 0.25) is 0 Å². The Balaban J connectivity index is 0.00000338. The van der Waals surface area contributed by atoms with Crippen molar-refractivity contribution < 1.29 is 25.2 Å². The molecule has 5 aromatic carbocycles. The Morgan fingerprint density at radius 3 is 1.81 bits per heavy atom. The van der Waals surface area contributed by atoms with Crippen molar-refractivity contribution in [1.82, 2.24) is 28.7 Å². The molecule has 7 nitrogen and oxygen atoms in total. The van der Waals surface area contributed by atoms with Crippen LogP contribution in [0.15, 0.2) is 122 Å². The summed E-state index contributed by atoms with van der Waals surface area (Å²) in [6.45, 7) is 4.28. The minimum absolute atomic E-state index is 0. The molecule has 0 spiro atoms. The fourth-order valence-corrected chi connectivity index (χ4v) is 7.81. The van der Waals surface area contributed by atoms with Crippen molar-refractivity contribution in [3.63, 3.8) is 0 Å². The van der Waals surface area contributed by atoms with E-state index in [0.29, 0.717) is 11.5 Å². The van der Waals surface area contributed by atoms with Gasteiger partial charge >= 0.3 is 20.4 Å². The molecule has 52 heavy (non-hydrogen) atoms. The van der Waals surface area contributed by atoms with E-state index < -0.39 is 0 Å². The molecule has 0 atom stereocenters. The van der Waals surface area contributed by atoms with Gasteiger partial charge in [-0.3, -0.25) is 15.0 Å². The van der Waals surface area contributed by atoms with E-state index in [2.05, 4.69) is 94.4 Å². The van der Waals surface area contributed by atoms with E-state index in [-0.39, 0.29) is 20.4 Å². The van der Waals surface area contributed by atoms with E-state index >= 15 is 0 Å². The quantitative estimate of drug-likeness (QED) is 0.102. The van der Waals surface area contributed by atoms with Crippen LogP contribution in [0.5, 0.6) is 11.5 Å². The van der Waals surface area contributed by atoms with E-state index in [0.717, 1.165) is 88.1 Å². The second kappa shape index (κ2) is 11.4. The van der Waals surface area contributed by atoms with Crippen LogP contribution in [0.25, 0.3) is 88.1 Å². The van der Waals surface area contributed by atoms with Crippen molar-refractivity contribution in [3.8, 4) is 22.8 Å². The number of nitrogens with zero attached hydrogens (tertiary/aromatic N) is 6. The predicted molar refractivity (Wildman–Crippen MR) is 204 cm³/mol. The molecular formula is C44H26N6OPd. The van der Waals surface area contributed by atoms with Crippen molar-refractivity contribution >= 4 is 76.8 Å². The Labute approximate surface area is 310 Å². The van der Waals surface area contributed by atoms with E-state index in [9.17, 15) is 0 Å². The maximum Gasteiger partial charge on any atom is 2.00 e. The van der Waals surface area contributed by atoms with E-state index in [1.54, 1.807) is 0 Å². The van der Waals surface area contributed by atoms with Gasteiger partial charge in [-0.25, -0.2) is 4.98 Å². The van der Waals surface area contributed by atoms with Crippen LogP contribution in [-0.2, 0) is 20.4 Å². The molecule has 11 aromatic rings. The molecule has 0 radical (unpaired) electrons. The van der Waals surface area contributed by atoms with Crippen LogP contribution in [0.4, 0.5) is 0 Å². The first-order valence-corrected chi connectivity index (χ1v) is 16.9. The van der Waals surface area contributed by atoms with Crippen molar-refractivity contribution in [3.05, 3.63) is 145 Å². The molecule has 0 saturated carbocycles. The summed E-state index contributed by atoms with van der Waals surface area (Å²) in [7, 11) is 0. The number of para-hydroxylation sites is 4. The van der Waals surface area contributed by atoms with Crippen LogP contribution in [0.1, 0.15) is 11.1 Å². The number of ether oxygens (including phenoxy) is 1. The number of benzene rings is 5. The smallest absolute Gasteiger partial charge is 0.497 e. The topological polar surface area (TPSA) is 69.6 Å². The van der Waals surface area contributed by atoms with Gasteiger partial charge in [-0.1, -0.05) is 94.3 Å². The summed E-state index contributed by atoms with van der Waals surface area (Å²) < 4.78 is 10.9. The molecule has 0 aliphatic carbocycles. The van der Waals surface area contributed by atoms with E-state index in [4.69, 9.17) is 19.7 Å². The van der Waals surface area contributed by atoms with Gasteiger partial charge in [0.05, 0.1) is 39.1 Å². The normalized spacial score (nSPS) is 11.9. The number of aromatic nitrogens is 6. The Hall–Kier alpha value is -6.20. The van der Waals surface area contributed by atoms with Crippen LogP contribution in [0.3, 0.4) is 0 Å². The third-order valence-corrected chi connectivity index (χ3v) is 10.1. The summed E-state index contributed by atoms with van der Waals surface area (Å²) in [5.74, 6) is 1.14. The predicted octanol–water partition coefficient (Wildman–Crippen LogP) is 10.4. The molecular weight excluding hydrogens is 735 g/mol. The van der Waals surface area contributed by atoms with Gasteiger partial charge < -0.3 is 13.5 Å². The number of pyridine rings is 4. The number of hydrogen-bond acceptors (Lipinski definition) is 5. The molecule has 0 amide bonds. The fourth-order valence-electron chi connectivity index (χ4n) is 7.81. The van der Waals surface area contributed by atoms with Gasteiger partial charge in [0.15, 0.2) is 0 Å². The fraction of sp³-hybridized carbons (Fsp3) is 0.0455. The molecule has 0 N–H and O–H groups in total. The van der Waals surface area contributed by atoms with Crippen molar-refractivity contribution in [1.29, 1.82) is 0 Å². The van der Waals surface area contributed by atoms with Crippen molar-refractivity contribution in [2.75, 3.05) is 0 Å². The molecule has 11 rings (SSSR count). The van der Waals surface area contributed by atoms with Gasteiger partial charge in [-0.15, -0.1) is 12.1 Å². The summed E-state index contributed by atoms with van der Waals surface area (Å²) >= 11 is 0. The summed E-state index contributed by atoms with van der Waals surface area (Å²) in [6.07, 6.45) is 3.73. The number of aryl methyl sites for hydroxylation is 2. The maximum atomic E-state index is 6.55. The van der Waals surface area contributed by atoms with Crippen molar-refractivity contribution in [2.24, 2.45) is 0 Å². The molecule has 8 heteroatoms. The Kier molecular flexibility index (Phi) is 6.72. The molecule has 248 valence electrons. The monoisotopic (exact) mass is 760 g/mol. The summed E-state index contributed by atoms with van der Waals surface area (Å²) in [5, 5.41) is 5.79. The Morgan fingerprint density at radius 2 is 1.12 bits per heavy atom. The first-order chi connectivity index (χ1) is 25.1. The second-order valence-electron chi connectivity index (χ2n) is 13.1. The zero-order valence-corrected chi connectivity index (χ0v) is 29.5. The van der Waals surface area contributed by atoms with Gasteiger partial charge in [-0.05, 0) is 72.1 Å². The zero-order chi connectivity index (χ0) is 33.8. The third-order valence-electron chi connectivity index (χ3n) is 10.1. The van der Waals surface area contributed by atoms with Gasteiger partial charge in [0.25, 0.3) is 0 Å². The van der Waals surface area contributed by atoms with Gasteiger partial charge in [0, 0.05) is 35.0 Å². The number of rotatable bonds is 3. The first kappa shape index (κ1) is 30.6. The molecule has 0 fully saturated rings. The zero-order valence-electron chi connectivity index (χ0n) is 28.0.